The van der Waals surface area contributed by atoms with Crippen LogP contribution in [0.5, 0.6) is 0 Å². The monoisotopic (exact) mass is 255 g/mol. The zero-order chi connectivity index (χ0) is 9.97. The van der Waals surface area contributed by atoms with Crippen LogP contribution < -0.4 is 5.32 Å². The van der Waals surface area contributed by atoms with E-state index in [1.807, 2.05) is 0 Å². The Morgan fingerprint density at radius 2 is 2.36 bits per heavy atom. The SMILES string of the molecule is O=C(Nc1ccn[nH]1)c1ccc(Br)o1. The molecule has 2 aromatic heterocycles. The van der Waals surface area contributed by atoms with Gasteiger partial charge in [0, 0.05) is 6.07 Å². The molecule has 0 aliphatic heterocycles. The normalized spacial score (nSPS) is 10.1. The van der Waals surface area contributed by atoms with Gasteiger partial charge in [-0.2, -0.15) is 5.10 Å². The van der Waals surface area contributed by atoms with Crippen molar-refractivity contribution in [1.82, 2.24) is 10.2 Å². The number of H-pyrrole nitrogens is 1. The summed E-state index contributed by atoms with van der Waals surface area (Å²) in [5.41, 5.74) is 0. The van der Waals surface area contributed by atoms with Gasteiger partial charge in [0.15, 0.2) is 10.4 Å². The maximum absolute atomic E-state index is 11.5. The lowest BCUT2D eigenvalue weighted by Crippen LogP contribution is -2.10. The minimum atomic E-state index is -0.319. The molecule has 0 bridgehead atoms. The lowest BCUT2D eigenvalue weighted by Gasteiger charge is -1.97. The van der Waals surface area contributed by atoms with Crippen molar-refractivity contribution in [3.8, 4) is 0 Å². The molecule has 2 aromatic rings. The molecule has 0 aliphatic carbocycles. The van der Waals surface area contributed by atoms with Crippen LogP contribution in [-0.4, -0.2) is 16.1 Å². The number of carbonyl (C=O) groups excluding carboxylic acids is 1. The number of aromatic nitrogens is 2. The number of nitrogens with one attached hydrogen (secondary N) is 2. The van der Waals surface area contributed by atoms with Gasteiger partial charge in [-0.3, -0.25) is 9.89 Å². The number of nitrogens with zero attached hydrogens (tertiary/aromatic N) is 1. The first-order valence-electron chi connectivity index (χ1n) is 3.82. The molecular weight excluding hydrogens is 250 g/mol. The molecule has 5 nitrogen and oxygen atoms in total. The highest BCUT2D eigenvalue weighted by atomic mass is 79.9. The summed E-state index contributed by atoms with van der Waals surface area (Å²) >= 11 is 3.11. The van der Waals surface area contributed by atoms with E-state index < -0.39 is 0 Å². The van der Waals surface area contributed by atoms with Gasteiger partial charge in [-0.1, -0.05) is 0 Å². The minimum Gasteiger partial charge on any atom is -0.444 e. The van der Waals surface area contributed by atoms with Crippen molar-refractivity contribution in [2.45, 2.75) is 0 Å². The fraction of sp³-hybridized carbons (Fsp3) is 0. The first kappa shape index (κ1) is 9.01. The number of rotatable bonds is 2. The molecule has 2 N–H and O–H groups in total. The summed E-state index contributed by atoms with van der Waals surface area (Å²) in [4.78, 5) is 11.5. The summed E-state index contributed by atoms with van der Waals surface area (Å²) in [5, 5.41) is 8.88. The fourth-order valence-electron chi connectivity index (χ4n) is 0.946. The number of amides is 1. The average Bonchev–Trinajstić information content (AvgIpc) is 2.75. The van der Waals surface area contributed by atoms with Crippen LogP contribution in [-0.2, 0) is 0 Å². The Balaban J connectivity index is 2.10. The molecule has 2 rings (SSSR count). The molecule has 0 saturated carbocycles. The van der Waals surface area contributed by atoms with Crippen molar-refractivity contribution in [2.75, 3.05) is 5.32 Å². The van der Waals surface area contributed by atoms with Crippen LogP contribution in [0.3, 0.4) is 0 Å². The summed E-state index contributed by atoms with van der Waals surface area (Å²) in [5.74, 6) is 0.453. The van der Waals surface area contributed by atoms with Gasteiger partial charge in [0.2, 0.25) is 0 Å². The lowest BCUT2D eigenvalue weighted by atomic mass is 10.4. The molecule has 1 amide bonds. The lowest BCUT2D eigenvalue weighted by molar-refractivity contribution is 0.0995. The number of hydrogen-bond acceptors (Lipinski definition) is 3. The third kappa shape index (κ3) is 1.85. The number of halogens is 1. The van der Waals surface area contributed by atoms with Crippen molar-refractivity contribution < 1.29 is 9.21 Å². The van der Waals surface area contributed by atoms with Gasteiger partial charge in [0.1, 0.15) is 5.82 Å². The quantitative estimate of drug-likeness (QED) is 0.863. The van der Waals surface area contributed by atoms with E-state index in [0.29, 0.717) is 10.5 Å². The second-order valence-corrected chi connectivity index (χ2v) is 3.31. The summed E-state index contributed by atoms with van der Waals surface area (Å²) in [6, 6.07) is 4.88. The highest BCUT2D eigenvalue weighted by Gasteiger charge is 2.10. The zero-order valence-corrected chi connectivity index (χ0v) is 8.54. The van der Waals surface area contributed by atoms with E-state index in [1.54, 1.807) is 24.4 Å². The van der Waals surface area contributed by atoms with Crippen LogP contribution in [0.15, 0.2) is 33.5 Å². The molecule has 0 fully saturated rings. The van der Waals surface area contributed by atoms with Crippen molar-refractivity contribution in [3.63, 3.8) is 0 Å². The van der Waals surface area contributed by atoms with E-state index >= 15 is 0 Å². The maximum atomic E-state index is 11.5. The molecule has 0 unspecified atom stereocenters. The van der Waals surface area contributed by atoms with Gasteiger partial charge in [-0.15, -0.1) is 0 Å². The summed E-state index contributed by atoms with van der Waals surface area (Å²) in [6.07, 6.45) is 1.55. The third-order valence-electron chi connectivity index (χ3n) is 1.55. The summed E-state index contributed by atoms with van der Waals surface area (Å²) in [6.45, 7) is 0. The van der Waals surface area contributed by atoms with Crippen LogP contribution in [0.4, 0.5) is 5.82 Å². The van der Waals surface area contributed by atoms with E-state index in [4.69, 9.17) is 4.42 Å². The topological polar surface area (TPSA) is 70.9 Å². The minimum absolute atomic E-state index is 0.242. The van der Waals surface area contributed by atoms with Gasteiger partial charge in [0.25, 0.3) is 5.91 Å². The van der Waals surface area contributed by atoms with Crippen molar-refractivity contribution in [3.05, 3.63) is 34.8 Å². The molecule has 0 aliphatic rings. The number of anilines is 1. The summed E-state index contributed by atoms with van der Waals surface area (Å²) in [7, 11) is 0. The molecule has 6 heteroatoms. The number of carbonyl (C=O) groups is 1. The van der Waals surface area contributed by atoms with Crippen LogP contribution in [0, 0.1) is 0 Å². The molecule has 0 saturated heterocycles. The van der Waals surface area contributed by atoms with Crippen molar-refractivity contribution >= 4 is 27.7 Å². The molecule has 0 spiro atoms. The summed E-state index contributed by atoms with van der Waals surface area (Å²) < 4.78 is 5.58. The molecule has 0 atom stereocenters. The van der Waals surface area contributed by atoms with E-state index in [2.05, 4.69) is 31.4 Å². The Labute approximate surface area is 87.6 Å². The standard InChI is InChI=1S/C8H6BrN3O2/c9-6-2-1-5(14-6)8(13)11-7-3-4-10-12-7/h1-4H,(H2,10,11,12,13). The maximum Gasteiger partial charge on any atom is 0.292 e. The second-order valence-electron chi connectivity index (χ2n) is 2.53. The Morgan fingerprint density at radius 3 is 2.93 bits per heavy atom. The third-order valence-corrected chi connectivity index (χ3v) is 1.97. The molecule has 72 valence electrons. The number of hydrogen-bond donors (Lipinski definition) is 2. The predicted molar refractivity (Wildman–Crippen MR) is 52.9 cm³/mol. The Morgan fingerprint density at radius 1 is 1.50 bits per heavy atom. The van der Waals surface area contributed by atoms with Crippen LogP contribution in [0.2, 0.25) is 0 Å². The number of furan rings is 1. The first-order chi connectivity index (χ1) is 6.75. The predicted octanol–water partition coefficient (Wildman–Crippen LogP) is 2.02. The van der Waals surface area contributed by atoms with Gasteiger partial charge in [-0.05, 0) is 28.1 Å². The molecule has 0 aromatic carbocycles. The van der Waals surface area contributed by atoms with Gasteiger partial charge in [0.05, 0.1) is 6.20 Å². The second kappa shape index (κ2) is 3.67. The Bertz CT molecular complexity index is 435. The molecule has 0 radical (unpaired) electrons. The largest absolute Gasteiger partial charge is 0.444 e. The zero-order valence-electron chi connectivity index (χ0n) is 6.95. The number of aromatic amines is 1. The Kier molecular flexibility index (Phi) is 2.36. The van der Waals surface area contributed by atoms with E-state index in [1.165, 1.54) is 0 Å². The molecule has 14 heavy (non-hydrogen) atoms. The van der Waals surface area contributed by atoms with Crippen LogP contribution in [0.25, 0.3) is 0 Å². The van der Waals surface area contributed by atoms with Gasteiger partial charge in [-0.25, -0.2) is 0 Å². The van der Waals surface area contributed by atoms with Crippen molar-refractivity contribution in [2.24, 2.45) is 0 Å². The molecule has 2 heterocycles. The van der Waals surface area contributed by atoms with E-state index in [0.717, 1.165) is 0 Å². The first-order valence-corrected chi connectivity index (χ1v) is 4.61. The van der Waals surface area contributed by atoms with Crippen LogP contribution in [0.1, 0.15) is 10.6 Å². The van der Waals surface area contributed by atoms with E-state index in [-0.39, 0.29) is 11.7 Å². The van der Waals surface area contributed by atoms with Crippen LogP contribution >= 0.6 is 15.9 Å². The highest BCUT2D eigenvalue weighted by Crippen LogP contribution is 2.14. The van der Waals surface area contributed by atoms with E-state index in [9.17, 15) is 4.79 Å². The Hall–Kier alpha value is -1.56. The highest BCUT2D eigenvalue weighted by molar-refractivity contribution is 9.10. The van der Waals surface area contributed by atoms with Gasteiger partial charge >= 0.3 is 0 Å². The van der Waals surface area contributed by atoms with Gasteiger partial charge < -0.3 is 9.73 Å². The van der Waals surface area contributed by atoms with Crippen molar-refractivity contribution in [1.29, 1.82) is 0 Å². The smallest absolute Gasteiger partial charge is 0.292 e. The average molecular weight is 256 g/mol. The fourth-order valence-corrected chi connectivity index (χ4v) is 1.25. The molecular formula is C8H6BrN3O2.